The minimum atomic E-state index is 0.556. The van der Waals surface area contributed by atoms with Crippen LogP contribution in [0.2, 0.25) is 0 Å². The molecule has 0 amide bonds. The zero-order chi connectivity index (χ0) is 14.0. The number of hydrogen-bond donors (Lipinski definition) is 1. The number of benzene rings is 1. The predicted octanol–water partition coefficient (Wildman–Crippen LogP) is 3.01. The monoisotopic (exact) mass is 256 g/mol. The van der Waals surface area contributed by atoms with Crippen molar-refractivity contribution in [2.24, 2.45) is 0 Å². The van der Waals surface area contributed by atoms with Crippen LogP contribution in [-0.4, -0.2) is 17.0 Å². The molecule has 0 aliphatic rings. The van der Waals surface area contributed by atoms with E-state index in [0.717, 1.165) is 29.3 Å². The van der Waals surface area contributed by atoms with Gasteiger partial charge in [-0.1, -0.05) is 24.6 Å². The lowest BCUT2D eigenvalue weighted by Crippen LogP contribution is -2.16. The van der Waals surface area contributed by atoms with E-state index >= 15 is 0 Å². The van der Waals surface area contributed by atoms with E-state index in [4.69, 9.17) is 5.73 Å². The second-order valence-electron chi connectivity index (χ2n) is 4.72. The molecule has 1 aromatic carbocycles. The van der Waals surface area contributed by atoms with Gasteiger partial charge in [-0.25, -0.2) is 9.97 Å². The summed E-state index contributed by atoms with van der Waals surface area (Å²) in [6.07, 6.45) is 0.777. The Morgan fingerprint density at radius 2 is 1.74 bits per heavy atom. The van der Waals surface area contributed by atoms with Crippen LogP contribution in [0.5, 0.6) is 0 Å². The second kappa shape index (κ2) is 5.26. The van der Waals surface area contributed by atoms with E-state index in [-0.39, 0.29) is 0 Å². The van der Waals surface area contributed by atoms with Gasteiger partial charge in [-0.05, 0) is 26.0 Å². The van der Waals surface area contributed by atoms with Gasteiger partial charge < -0.3 is 10.6 Å². The third-order valence-electron chi connectivity index (χ3n) is 3.26. The van der Waals surface area contributed by atoms with Gasteiger partial charge in [0.1, 0.15) is 17.5 Å². The Hall–Kier alpha value is -2.10. The summed E-state index contributed by atoms with van der Waals surface area (Å²) in [7, 11) is 2.00. The number of aryl methyl sites for hydroxylation is 2. The fraction of sp³-hybridized carbons (Fsp3) is 0.333. The quantitative estimate of drug-likeness (QED) is 0.917. The molecule has 0 unspecified atom stereocenters. The normalized spacial score (nSPS) is 10.5. The highest BCUT2D eigenvalue weighted by Crippen LogP contribution is 2.27. The summed E-state index contributed by atoms with van der Waals surface area (Å²) in [4.78, 5) is 10.9. The molecule has 0 saturated heterocycles. The minimum absolute atomic E-state index is 0.556. The third-order valence-corrected chi connectivity index (χ3v) is 3.26. The van der Waals surface area contributed by atoms with Crippen molar-refractivity contribution >= 4 is 17.3 Å². The zero-order valence-corrected chi connectivity index (χ0v) is 11.9. The molecule has 0 atom stereocenters. The molecular weight excluding hydrogens is 236 g/mol. The lowest BCUT2D eigenvalue weighted by atomic mass is 10.2. The molecule has 1 aromatic heterocycles. The third kappa shape index (κ3) is 2.67. The highest BCUT2D eigenvalue weighted by atomic mass is 15.2. The van der Waals surface area contributed by atoms with Gasteiger partial charge in [-0.3, -0.25) is 0 Å². The van der Waals surface area contributed by atoms with Gasteiger partial charge in [0.05, 0.1) is 0 Å². The smallest absolute Gasteiger partial charge is 0.141 e. The molecule has 4 nitrogen and oxygen atoms in total. The molecule has 100 valence electrons. The summed E-state index contributed by atoms with van der Waals surface area (Å²) >= 11 is 0. The standard InChI is InChI=1S/C15H20N4/c1-5-13-17-14(16)11(3)15(18-13)19(4)12-8-6-10(2)7-9-12/h6-9H,5H2,1-4H3,(H2,16,17,18). The van der Waals surface area contributed by atoms with Crippen LogP contribution in [0, 0.1) is 13.8 Å². The number of anilines is 3. The number of hydrogen-bond acceptors (Lipinski definition) is 4. The summed E-state index contributed by atoms with van der Waals surface area (Å²) in [5.41, 5.74) is 9.21. The van der Waals surface area contributed by atoms with Crippen molar-refractivity contribution in [3.8, 4) is 0 Å². The first-order valence-corrected chi connectivity index (χ1v) is 6.46. The first kappa shape index (κ1) is 13.3. The average molecular weight is 256 g/mol. The Labute approximate surface area is 114 Å². The van der Waals surface area contributed by atoms with Crippen molar-refractivity contribution in [1.82, 2.24) is 9.97 Å². The maximum Gasteiger partial charge on any atom is 0.141 e. The Bertz CT molecular complexity index is 575. The molecule has 0 spiro atoms. The molecule has 4 heteroatoms. The van der Waals surface area contributed by atoms with Gasteiger partial charge in [0.25, 0.3) is 0 Å². The van der Waals surface area contributed by atoms with Crippen molar-refractivity contribution in [3.63, 3.8) is 0 Å². The fourth-order valence-corrected chi connectivity index (χ4v) is 1.94. The van der Waals surface area contributed by atoms with E-state index in [1.807, 2.05) is 25.8 Å². The highest BCUT2D eigenvalue weighted by molar-refractivity contribution is 5.66. The van der Waals surface area contributed by atoms with Crippen molar-refractivity contribution in [2.75, 3.05) is 17.7 Å². The Kier molecular flexibility index (Phi) is 3.69. The zero-order valence-electron chi connectivity index (χ0n) is 11.9. The predicted molar refractivity (Wildman–Crippen MR) is 79.8 cm³/mol. The minimum Gasteiger partial charge on any atom is -0.383 e. The molecule has 1 heterocycles. The molecule has 2 rings (SSSR count). The molecule has 0 aliphatic heterocycles. The van der Waals surface area contributed by atoms with E-state index in [1.165, 1.54) is 5.56 Å². The molecule has 0 radical (unpaired) electrons. The van der Waals surface area contributed by atoms with E-state index < -0.39 is 0 Å². The van der Waals surface area contributed by atoms with Crippen molar-refractivity contribution < 1.29 is 0 Å². The van der Waals surface area contributed by atoms with Gasteiger partial charge in [0, 0.05) is 24.7 Å². The summed E-state index contributed by atoms with van der Waals surface area (Å²) in [5.74, 6) is 2.20. The van der Waals surface area contributed by atoms with Crippen LogP contribution in [0.25, 0.3) is 0 Å². The maximum atomic E-state index is 5.96. The topological polar surface area (TPSA) is 55.0 Å². The van der Waals surface area contributed by atoms with Crippen LogP contribution >= 0.6 is 0 Å². The number of nitrogens with zero attached hydrogens (tertiary/aromatic N) is 3. The van der Waals surface area contributed by atoms with Gasteiger partial charge in [-0.15, -0.1) is 0 Å². The Morgan fingerprint density at radius 1 is 1.11 bits per heavy atom. The maximum absolute atomic E-state index is 5.96. The van der Waals surface area contributed by atoms with Crippen LogP contribution in [0.3, 0.4) is 0 Å². The number of rotatable bonds is 3. The first-order valence-electron chi connectivity index (χ1n) is 6.46. The van der Waals surface area contributed by atoms with Crippen molar-refractivity contribution in [1.29, 1.82) is 0 Å². The summed E-state index contributed by atoms with van der Waals surface area (Å²) < 4.78 is 0. The van der Waals surface area contributed by atoms with Crippen LogP contribution in [0.4, 0.5) is 17.3 Å². The van der Waals surface area contributed by atoms with Gasteiger partial charge in [0.2, 0.25) is 0 Å². The number of nitrogen functional groups attached to an aromatic ring is 1. The fourth-order valence-electron chi connectivity index (χ4n) is 1.94. The SMILES string of the molecule is CCc1nc(N)c(C)c(N(C)c2ccc(C)cc2)n1. The molecule has 0 bridgehead atoms. The summed E-state index contributed by atoms with van der Waals surface area (Å²) in [5, 5.41) is 0. The summed E-state index contributed by atoms with van der Waals surface area (Å²) in [6, 6.07) is 8.34. The van der Waals surface area contributed by atoms with Crippen LogP contribution in [-0.2, 0) is 6.42 Å². The molecule has 2 aromatic rings. The Morgan fingerprint density at radius 3 is 2.32 bits per heavy atom. The first-order chi connectivity index (χ1) is 9.02. The molecule has 19 heavy (non-hydrogen) atoms. The number of aromatic nitrogens is 2. The second-order valence-corrected chi connectivity index (χ2v) is 4.72. The lowest BCUT2D eigenvalue weighted by Gasteiger charge is -2.21. The Balaban J connectivity index is 2.45. The lowest BCUT2D eigenvalue weighted by molar-refractivity contribution is 0.920. The van der Waals surface area contributed by atoms with Crippen LogP contribution in [0.15, 0.2) is 24.3 Å². The molecule has 2 N–H and O–H groups in total. The highest BCUT2D eigenvalue weighted by Gasteiger charge is 2.13. The van der Waals surface area contributed by atoms with Crippen molar-refractivity contribution in [2.45, 2.75) is 27.2 Å². The van der Waals surface area contributed by atoms with Crippen LogP contribution < -0.4 is 10.6 Å². The van der Waals surface area contributed by atoms with Gasteiger partial charge in [-0.2, -0.15) is 0 Å². The van der Waals surface area contributed by atoms with Gasteiger partial charge >= 0.3 is 0 Å². The number of nitrogens with two attached hydrogens (primary N) is 1. The van der Waals surface area contributed by atoms with Crippen LogP contribution in [0.1, 0.15) is 23.9 Å². The molecule has 0 aliphatic carbocycles. The van der Waals surface area contributed by atoms with Gasteiger partial charge in [0.15, 0.2) is 0 Å². The molecule has 0 saturated carbocycles. The van der Waals surface area contributed by atoms with E-state index in [9.17, 15) is 0 Å². The average Bonchev–Trinajstić information content (AvgIpc) is 2.41. The summed E-state index contributed by atoms with van der Waals surface area (Å²) in [6.45, 7) is 6.06. The van der Waals surface area contributed by atoms with Crippen molar-refractivity contribution in [3.05, 3.63) is 41.2 Å². The van der Waals surface area contributed by atoms with E-state index in [0.29, 0.717) is 5.82 Å². The molecule has 0 fully saturated rings. The van der Waals surface area contributed by atoms with E-state index in [1.54, 1.807) is 0 Å². The van der Waals surface area contributed by atoms with E-state index in [2.05, 4.69) is 41.2 Å². The molecular formula is C15H20N4. The largest absolute Gasteiger partial charge is 0.383 e.